The number of anilines is 2. The fraction of sp³-hybridized carbons (Fsp3) is 0.217. The summed E-state index contributed by atoms with van der Waals surface area (Å²) in [6.45, 7) is 7.22. The number of allylic oxidation sites excluding steroid dienone is 1. The first-order valence-electron chi connectivity index (χ1n) is 9.32. The first-order valence-corrected chi connectivity index (χ1v) is 11.3. The molecule has 146 valence electrons. The molecule has 0 atom stereocenters. The lowest BCUT2D eigenvalue weighted by Crippen LogP contribution is -2.17. The predicted molar refractivity (Wildman–Crippen MR) is 128 cm³/mol. The molecule has 0 aliphatic heterocycles. The maximum atomic E-state index is 6.80. The molecule has 0 saturated carbocycles. The fourth-order valence-electron chi connectivity index (χ4n) is 3.18. The minimum Gasteiger partial charge on any atom is -0.341 e. The third-order valence-electron chi connectivity index (χ3n) is 4.48. The highest BCUT2D eigenvalue weighted by atomic mass is 35.5. The average molecular weight is 429 g/mol. The van der Waals surface area contributed by atoms with E-state index < -0.39 is 0 Å². The molecule has 0 unspecified atom stereocenters. The number of benzene rings is 2. The van der Waals surface area contributed by atoms with E-state index >= 15 is 0 Å². The second-order valence-corrected chi connectivity index (χ2v) is 8.89. The summed E-state index contributed by atoms with van der Waals surface area (Å²) in [5, 5.41) is 0.776. The first kappa shape index (κ1) is 21.0. The van der Waals surface area contributed by atoms with Gasteiger partial charge in [-0.15, -0.1) is 11.3 Å². The Bertz CT molecular complexity index is 964. The molecule has 0 amide bonds. The van der Waals surface area contributed by atoms with Gasteiger partial charge in [-0.1, -0.05) is 35.9 Å². The van der Waals surface area contributed by atoms with Gasteiger partial charge in [0, 0.05) is 32.4 Å². The van der Waals surface area contributed by atoms with Crippen LogP contribution in [0.15, 0.2) is 59.5 Å². The molecule has 5 heteroatoms. The Morgan fingerprint density at radius 3 is 2.57 bits per heavy atom. The zero-order valence-electron chi connectivity index (χ0n) is 16.6. The van der Waals surface area contributed by atoms with E-state index in [0.29, 0.717) is 0 Å². The molecule has 0 aliphatic carbocycles. The van der Waals surface area contributed by atoms with Crippen LogP contribution in [0, 0.1) is 6.92 Å². The number of rotatable bonds is 7. The number of hydrogen-bond donors (Lipinski definition) is 1. The third kappa shape index (κ3) is 4.47. The number of nitrogens with one attached hydrogen (secondary N) is 1. The maximum Gasteiger partial charge on any atom is 0.0577 e. The van der Waals surface area contributed by atoms with Crippen LogP contribution in [0.4, 0.5) is 11.4 Å². The largest absolute Gasteiger partial charge is 0.341 e. The molecule has 1 N–H and O–H groups in total. The van der Waals surface area contributed by atoms with Crippen LogP contribution in [0.25, 0.3) is 16.5 Å². The maximum absolute atomic E-state index is 6.80. The molecule has 0 bridgehead atoms. The van der Waals surface area contributed by atoms with Crippen LogP contribution in [0.2, 0.25) is 5.02 Å². The average Bonchev–Trinajstić information content (AvgIpc) is 3.06. The van der Waals surface area contributed by atoms with Gasteiger partial charge in [0.2, 0.25) is 0 Å². The molecule has 3 rings (SSSR count). The van der Waals surface area contributed by atoms with Crippen molar-refractivity contribution in [2.75, 3.05) is 18.5 Å². The second kappa shape index (κ2) is 9.66. The van der Waals surface area contributed by atoms with Gasteiger partial charge in [0.05, 0.1) is 10.7 Å². The predicted octanol–water partition coefficient (Wildman–Crippen LogP) is 7.79. The van der Waals surface area contributed by atoms with Crippen LogP contribution in [0.1, 0.15) is 24.3 Å². The lowest BCUT2D eigenvalue weighted by atomic mass is 10.1. The van der Waals surface area contributed by atoms with E-state index in [1.165, 1.54) is 15.3 Å². The molecular formula is C23H25ClN2S2. The molecule has 2 aromatic carbocycles. The van der Waals surface area contributed by atoms with E-state index in [2.05, 4.69) is 78.1 Å². The monoisotopic (exact) mass is 428 g/mol. The van der Waals surface area contributed by atoms with Crippen LogP contribution >= 0.6 is 34.9 Å². The van der Waals surface area contributed by atoms with E-state index in [-0.39, 0.29) is 0 Å². The lowest BCUT2D eigenvalue weighted by Gasteiger charge is -2.26. The summed E-state index contributed by atoms with van der Waals surface area (Å²) in [6.07, 6.45) is 4.23. The molecule has 2 nitrogen and oxygen atoms in total. The van der Waals surface area contributed by atoms with Crippen LogP contribution in [-0.2, 0) is 0 Å². The summed E-state index contributed by atoms with van der Waals surface area (Å²) in [5.41, 5.74) is 4.63. The van der Waals surface area contributed by atoms with Crippen LogP contribution in [-0.4, -0.2) is 13.6 Å². The van der Waals surface area contributed by atoms with Crippen LogP contribution < -0.4 is 9.62 Å². The van der Waals surface area contributed by atoms with Gasteiger partial charge in [-0.3, -0.25) is 4.72 Å². The van der Waals surface area contributed by atoms with Crippen LogP contribution in [0.5, 0.6) is 0 Å². The Balaban J connectivity index is 2.11. The Kier molecular flexibility index (Phi) is 7.24. The van der Waals surface area contributed by atoms with Gasteiger partial charge in [0.1, 0.15) is 0 Å². The number of thiophene rings is 1. The zero-order valence-corrected chi connectivity index (χ0v) is 19.0. The molecule has 0 saturated heterocycles. The van der Waals surface area contributed by atoms with Gasteiger partial charge in [-0.05, 0) is 81.7 Å². The Labute approximate surface area is 181 Å². The van der Waals surface area contributed by atoms with Gasteiger partial charge in [0.25, 0.3) is 0 Å². The molecule has 1 aromatic heterocycles. The summed E-state index contributed by atoms with van der Waals surface area (Å²) < 4.78 is 3.23. The summed E-state index contributed by atoms with van der Waals surface area (Å²) in [6, 6.07) is 17.0. The molecule has 3 aromatic rings. The molecular weight excluding hydrogens is 404 g/mol. The van der Waals surface area contributed by atoms with Crippen molar-refractivity contribution in [3.05, 3.63) is 70.1 Å². The van der Waals surface area contributed by atoms with Gasteiger partial charge in [-0.25, -0.2) is 0 Å². The summed E-state index contributed by atoms with van der Waals surface area (Å²) in [5.74, 6) is 0. The minimum atomic E-state index is 0.776. The van der Waals surface area contributed by atoms with Gasteiger partial charge < -0.3 is 4.90 Å². The Morgan fingerprint density at radius 1 is 1.18 bits per heavy atom. The van der Waals surface area contributed by atoms with Crippen LogP contribution in [0.3, 0.4) is 0 Å². The smallest absolute Gasteiger partial charge is 0.0577 e. The van der Waals surface area contributed by atoms with Crippen molar-refractivity contribution >= 4 is 52.3 Å². The number of para-hydroxylation sites is 1. The second-order valence-electron chi connectivity index (χ2n) is 6.34. The Hall–Kier alpha value is -1.72. The topological polar surface area (TPSA) is 15.3 Å². The summed E-state index contributed by atoms with van der Waals surface area (Å²) >= 11 is 10.2. The molecule has 1 heterocycles. The summed E-state index contributed by atoms with van der Waals surface area (Å²) in [4.78, 5) is 5.93. The molecule has 0 aliphatic rings. The van der Waals surface area contributed by atoms with Gasteiger partial charge in [-0.2, -0.15) is 0 Å². The molecule has 0 radical (unpaired) electrons. The lowest BCUT2D eigenvalue weighted by molar-refractivity contribution is 1.01. The SMILES string of the molecule is CC=Cc1sc(-c2cc(SNC)c(N(CC)c3ccccc3)cc2Cl)cc1C. The van der Waals surface area contributed by atoms with Crippen molar-refractivity contribution in [2.24, 2.45) is 0 Å². The van der Waals surface area contributed by atoms with Crippen molar-refractivity contribution < 1.29 is 0 Å². The third-order valence-corrected chi connectivity index (χ3v) is 6.77. The van der Waals surface area contributed by atoms with Crippen molar-refractivity contribution in [3.63, 3.8) is 0 Å². The van der Waals surface area contributed by atoms with Gasteiger partial charge in [0.15, 0.2) is 0 Å². The Morgan fingerprint density at radius 2 is 1.93 bits per heavy atom. The highest BCUT2D eigenvalue weighted by Gasteiger charge is 2.18. The summed E-state index contributed by atoms with van der Waals surface area (Å²) in [7, 11) is 1.95. The fourth-order valence-corrected chi connectivity index (χ4v) is 5.34. The zero-order chi connectivity index (χ0) is 20.1. The molecule has 28 heavy (non-hydrogen) atoms. The molecule has 0 fully saturated rings. The standard InChI is InChI=1S/C23H25ClN2S2/c1-5-10-21-16(3)13-22(27-21)18-14-23(28-25-4)20(15-19(18)24)26(6-2)17-11-8-7-9-12-17/h5,7-15,25H,6H2,1-4H3. The highest BCUT2D eigenvalue weighted by Crippen LogP contribution is 2.43. The van der Waals surface area contributed by atoms with Gasteiger partial charge >= 0.3 is 0 Å². The van der Waals surface area contributed by atoms with Crippen molar-refractivity contribution in [2.45, 2.75) is 25.7 Å². The van der Waals surface area contributed by atoms with E-state index in [9.17, 15) is 0 Å². The van der Waals surface area contributed by atoms with Crippen molar-refractivity contribution in [1.29, 1.82) is 0 Å². The molecule has 0 spiro atoms. The normalized spacial score (nSPS) is 11.3. The van der Waals surface area contributed by atoms with Crippen molar-refractivity contribution in [3.8, 4) is 10.4 Å². The number of hydrogen-bond acceptors (Lipinski definition) is 4. The number of nitrogens with zero attached hydrogens (tertiary/aromatic N) is 1. The minimum absolute atomic E-state index is 0.776. The van der Waals surface area contributed by atoms with E-state index in [1.54, 1.807) is 23.3 Å². The van der Waals surface area contributed by atoms with E-state index in [4.69, 9.17) is 11.6 Å². The quantitative estimate of drug-likeness (QED) is 0.386. The van der Waals surface area contributed by atoms with E-state index in [0.717, 1.165) is 33.4 Å². The highest BCUT2D eigenvalue weighted by molar-refractivity contribution is 7.97. The number of aryl methyl sites for hydroxylation is 1. The first-order chi connectivity index (χ1) is 13.6. The van der Waals surface area contributed by atoms with E-state index in [1.807, 2.05) is 20.0 Å². The number of halogens is 1. The van der Waals surface area contributed by atoms with Crippen molar-refractivity contribution in [1.82, 2.24) is 4.72 Å².